The van der Waals surface area contributed by atoms with E-state index in [1.165, 1.54) is 0 Å². The maximum atomic E-state index is 13.7. The van der Waals surface area contributed by atoms with E-state index in [1.807, 2.05) is 0 Å². The molecule has 1 saturated carbocycles. The minimum atomic E-state index is -4.19. The molecule has 0 heterocycles. The first-order valence-electron chi connectivity index (χ1n) is 9.74. The Hall–Kier alpha value is -1.05. The fourth-order valence-electron chi connectivity index (χ4n) is 3.15. The van der Waals surface area contributed by atoms with Gasteiger partial charge in [-0.1, -0.05) is 0 Å². The topological polar surface area (TPSA) is 0 Å². The lowest BCUT2D eigenvalue weighted by Crippen LogP contribution is -2.51. The van der Waals surface area contributed by atoms with Crippen LogP contribution >= 0.6 is 0 Å². The number of halogens is 15. The lowest BCUT2D eigenvalue weighted by molar-refractivity contribution is -0.0780. The standard InChI is InChI=1S/C18H21F15/c19-4-1-2-5(20)7(22)9(24)11(26)13(28)15(30)17(32)18(33)16(31)14(29)12(27)10(25)8(23)6(21)3-4/h4-18H,1-3H2. The van der Waals surface area contributed by atoms with Crippen LogP contribution < -0.4 is 0 Å². The van der Waals surface area contributed by atoms with Gasteiger partial charge in [0.05, 0.1) is 0 Å². The highest BCUT2D eigenvalue weighted by Gasteiger charge is 2.52. The molecule has 0 radical (unpaired) electrons. The van der Waals surface area contributed by atoms with Crippen LogP contribution in [-0.2, 0) is 0 Å². The van der Waals surface area contributed by atoms with Crippen LogP contribution in [0.3, 0.4) is 0 Å². The quantitative estimate of drug-likeness (QED) is 0.331. The smallest absolute Gasteiger partial charge is 0.168 e. The van der Waals surface area contributed by atoms with Crippen molar-refractivity contribution in [2.45, 2.75) is 112 Å². The van der Waals surface area contributed by atoms with Gasteiger partial charge in [0, 0.05) is 6.42 Å². The SMILES string of the molecule is FC1CCC(F)C(F)C(F)C(F)C(F)C(F)C(F)C(F)C(F)C(F)C(F)C(F)C(F)C(F)C1. The van der Waals surface area contributed by atoms with Crippen LogP contribution in [0.25, 0.3) is 0 Å². The molecule has 0 nitrogen and oxygen atoms in total. The van der Waals surface area contributed by atoms with Crippen molar-refractivity contribution in [1.29, 1.82) is 0 Å². The Morgan fingerprint density at radius 3 is 0.818 bits per heavy atom. The molecule has 0 bridgehead atoms. The molecule has 0 N–H and O–H groups in total. The second-order valence-corrected chi connectivity index (χ2v) is 7.78. The van der Waals surface area contributed by atoms with Crippen molar-refractivity contribution < 1.29 is 65.9 Å². The van der Waals surface area contributed by atoms with Gasteiger partial charge < -0.3 is 0 Å². The largest absolute Gasteiger partial charge is 0.247 e. The Labute approximate surface area is 178 Å². The summed E-state index contributed by atoms with van der Waals surface area (Å²) in [7, 11) is 0. The van der Waals surface area contributed by atoms with Gasteiger partial charge >= 0.3 is 0 Å². The van der Waals surface area contributed by atoms with Crippen molar-refractivity contribution in [3.63, 3.8) is 0 Å². The Bertz CT molecular complexity index is 569. The molecule has 1 aliphatic rings. The highest BCUT2D eigenvalue weighted by molar-refractivity contribution is 4.98. The van der Waals surface area contributed by atoms with Gasteiger partial charge in [0.1, 0.15) is 18.5 Å². The Morgan fingerprint density at radius 2 is 0.515 bits per heavy atom. The van der Waals surface area contributed by atoms with Gasteiger partial charge in [0.25, 0.3) is 0 Å². The van der Waals surface area contributed by atoms with Gasteiger partial charge in [-0.25, -0.2) is 65.9 Å². The molecule has 0 amide bonds. The van der Waals surface area contributed by atoms with Crippen LogP contribution in [0.5, 0.6) is 0 Å². The second kappa shape index (κ2) is 12.6. The first-order valence-corrected chi connectivity index (χ1v) is 9.74. The number of hydrogen-bond acceptors (Lipinski definition) is 0. The van der Waals surface area contributed by atoms with Gasteiger partial charge in [0.2, 0.25) is 0 Å². The summed E-state index contributed by atoms with van der Waals surface area (Å²) < 4.78 is 206. The third kappa shape index (κ3) is 7.22. The summed E-state index contributed by atoms with van der Waals surface area (Å²) in [6.45, 7) is 0. The molecule has 33 heavy (non-hydrogen) atoms. The maximum absolute atomic E-state index is 13.7. The molecule has 1 aliphatic carbocycles. The summed E-state index contributed by atoms with van der Waals surface area (Å²) in [6.07, 6.45) is -61.0. The van der Waals surface area contributed by atoms with E-state index in [2.05, 4.69) is 0 Å². The van der Waals surface area contributed by atoms with Crippen LogP contribution in [0.2, 0.25) is 0 Å². The zero-order valence-corrected chi connectivity index (χ0v) is 16.5. The van der Waals surface area contributed by atoms with E-state index >= 15 is 0 Å². The minimum absolute atomic E-state index is 1.20. The molecule has 0 aromatic carbocycles. The lowest BCUT2D eigenvalue weighted by Gasteiger charge is -2.29. The molecular formula is C18H21F15. The summed E-state index contributed by atoms with van der Waals surface area (Å²) in [6, 6.07) is 0. The molecule has 0 aliphatic heterocycles. The van der Waals surface area contributed by atoms with Crippen LogP contribution in [0, 0.1) is 0 Å². The summed E-state index contributed by atoms with van der Waals surface area (Å²) >= 11 is 0. The zero-order chi connectivity index (χ0) is 25.8. The first-order chi connectivity index (χ1) is 15.1. The highest BCUT2D eigenvalue weighted by Crippen LogP contribution is 2.33. The average Bonchev–Trinajstić information content (AvgIpc) is 2.80. The zero-order valence-electron chi connectivity index (χ0n) is 16.5. The van der Waals surface area contributed by atoms with Crippen molar-refractivity contribution in [3.05, 3.63) is 0 Å². The Kier molecular flexibility index (Phi) is 11.4. The number of rotatable bonds is 0. The fourth-order valence-corrected chi connectivity index (χ4v) is 3.15. The van der Waals surface area contributed by atoms with E-state index in [0.717, 1.165) is 0 Å². The van der Waals surface area contributed by atoms with E-state index in [4.69, 9.17) is 0 Å². The molecule has 15 heteroatoms. The molecule has 1 fully saturated rings. The predicted octanol–water partition coefficient (Wildman–Crippen LogP) is 6.24. The van der Waals surface area contributed by atoms with Gasteiger partial charge in [-0.3, -0.25) is 0 Å². The Balaban J connectivity index is 3.22. The van der Waals surface area contributed by atoms with Crippen molar-refractivity contribution in [1.82, 2.24) is 0 Å². The van der Waals surface area contributed by atoms with E-state index < -0.39 is 112 Å². The van der Waals surface area contributed by atoms with Gasteiger partial charge in [0.15, 0.2) is 74.1 Å². The van der Waals surface area contributed by atoms with Crippen molar-refractivity contribution >= 4 is 0 Å². The molecule has 1 rings (SSSR count). The molecule has 0 saturated heterocycles. The summed E-state index contributed by atoms with van der Waals surface area (Å²) in [4.78, 5) is 0. The normalized spacial score (nSPS) is 52.6. The van der Waals surface area contributed by atoms with E-state index in [0.29, 0.717) is 0 Å². The van der Waals surface area contributed by atoms with E-state index in [9.17, 15) is 65.9 Å². The van der Waals surface area contributed by atoms with Crippen LogP contribution in [0.4, 0.5) is 65.9 Å². The van der Waals surface area contributed by atoms with Crippen LogP contribution in [-0.4, -0.2) is 92.6 Å². The highest BCUT2D eigenvalue weighted by atomic mass is 19.2. The van der Waals surface area contributed by atoms with Crippen LogP contribution in [0.1, 0.15) is 19.3 Å². The molecule has 0 aromatic heterocycles. The van der Waals surface area contributed by atoms with Crippen molar-refractivity contribution in [3.8, 4) is 0 Å². The predicted molar refractivity (Wildman–Crippen MR) is 87.3 cm³/mol. The average molecular weight is 522 g/mol. The molecule has 0 spiro atoms. The summed E-state index contributed by atoms with van der Waals surface area (Å²) in [5.74, 6) is 0. The molecule has 198 valence electrons. The number of hydrogen-bond donors (Lipinski definition) is 0. The lowest BCUT2D eigenvalue weighted by atomic mass is 9.92. The molecular weight excluding hydrogens is 501 g/mol. The third-order valence-electron chi connectivity index (χ3n) is 5.27. The van der Waals surface area contributed by atoms with Crippen molar-refractivity contribution in [2.24, 2.45) is 0 Å². The molecule has 0 aromatic rings. The van der Waals surface area contributed by atoms with Gasteiger partial charge in [-0.15, -0.1) is 0 Å². The van der Waals surface area contributed by atoms with Gasteiger partial charge in [-0.2, -0.15) is 0 Å². The Morgan fingerprint density at radius 1 is 0.273 bits per heavy atom. The monoisotopic (exact) mass is 522 g/mol. The second-order valence-electron chi connectivity index (χ2n) is 7.78. The molecule has 15 atom stereocenters. The van der Waals surface area contributed by atoms with Crippen LogP contribution in [0.15, 0.2) is 0 Å². The first kappa shape index (κ1) is 30.0. The van der Waals surface area contributed by atoms with E-state index in [-0.39, 0.29) is 0 Å². The number of alkyl halides is 15. The summed E-state index contributed by atoms with van der Waals surface area (Å²) in [5.41, 5.74) is 0. The summed E-state index contributed by atoms with van der Waals surface area (Å²) in [5, 5.41) is 0. The van der Waals surface area contributed by atoms with Crippen molar-refractivity contribution in [2.75, 3.05) is 0 Å². The van der Waals surface area contributed by atoms with E-state index in [1.54, 1.807) is 0 Å². The molecule has 15 unspecified atom stereocenters. The van der Waals surface area contributed by atoms with Gasteiger partial charge in [-0.05, 0) is 12.8 Å². The minimum Gasteiger partial charge on any atom is -0.247 e. The third-order valence-corrected chi connectivity index (χ3v) is 5.27. The maximum Gasteiger partial charge on any atom is 0.168 e. The fraction of sp³-hybridized carbons (Fsp3) is 1.00.